The summed E-state index contributed by atoms with van der Waals surface area (Å²) in [6.07, 6.45) is 0. The number of rotatable bonds is 5. The van der Waals surface area contributed by atoms with Crippen LogP contribution in [0.25, 0.3) is 43.9 Å². The molecule has 0 saturated carbocycles. The standard InChI is InChI=1S/C62H50BN3O2/c1-61(2,3)39-23-27-42(28-24-39)65-52-19-14-20-53-58(52)63(51-35-33-48-46-17-10-13-22-56(46)68-60(48)59(51)66(53)43-29-25-40(26-30-43)62(4,5)6)50-34-31-45(38-54(50)65)64(41-15-8-7-9-16-41)44-32-36-57-49(37-44)47-18-11-12-21-55(47)67-57/h7-38H,1-6H3. The van der Waals surface area contributed by atoms with Crippen molar-refractivity contribution in [1.29, 1.82) is 0 Å². The van der Waals surface area contributed by atoms with E-state index in [9.17, 15) is 0 Å². The van der Waals surface area contributed by atoms with Crippen LogP contribution in [0.4, 0.5) is 51.2 Å². The van der Waals surface area contributed by atoms with E-state index >= 15 is 0 Å². The topological polar surface area (TPSA) is 36.0 Å². The normalized spacial score (nSPS) is 13.4. The maximum atomic E-state index is 6.99. The Morgan fingerprint density at radius 2 is 0.941 bits per heavy atom. The molecule has 0 atom stereocenters. The van der Waals surface area contributed by atoms with Crippen LogP contribution >= 0.6 is 0 Å². The summed E-state index contributed by atoms with van der Waals surface area (Å²) in [7, 11) is 0. The van der Waals surface area contributed by atoms with Crippen molar-refractivity contribution >= 4 is 118 Å². The zero-order chi connectivity index (χ0) is 46.1. The average molecular weight is 880 g/mol. The van der Waals surface area contributed by atoms with Crippen LogP contribution in [0.15, 0.2) is 203 Å². The highest BCUT2D eigenvalue weighted by Gasteiger charge is 2.45. The lowest BCUT2D eigenvalue weighted by Gasteiger charge is -2.44. The van der Waals surface area contributed by atoms with Crippen molar-refractivity contribution in [2.45, 2.75) is 52.4 Å². The lowest BCUT2D eigenvalue weighted by atomic mass is 9.33. The van der Waals surface area contributed by atoms with Crippen molar-refractivity contribution in [2.24, 2.45) is 0 Å². The Morgan fingerprint density at radius 3 is 1.62 bits per heavy atom. The molecule has 6 heteroatoms. The average Bonchev–Trinajstić information content (AvgIpc) is 3.92. The molecule has 11 aromatic rings. The monoisotopic (exact) mass is 879 g/mol. The number of anilines is 9. The van der Waals surface area contributed by atoms with Gasteiger partial charge in [0.1, 0.15) is 16.7 Å². The Balaban J connectivity index is 1.08. The maximum absolute atomic E-state index is 6.99. The van der Waals surface area contributed by atoms with Crippen LogP contribution in [0.3, 0.4) is 0 Å². The van der Waals surface area contributed by atoms with E-state index in [0.29, 0.717) is 0 Å². The van der Waals surface area contributed by atoms with Gasteiger partial charge in [-0.2, -0.15) is 0 Å². The molecular weight excluding hydrogens is 830 g/mol. The molecule has 9 aromatic carbocycles. The van der Waals surface area contributed by atoms with Gasteiger partial charge in [-0.05, 0) is 129 Å². The molecule has 328 valence electrons. The Labute approximate surface area is 397 Å². The van der Waals surface area contributed by atoms with E-state index < -0.39 is 0 Å². The summed E-state index contributed by atoms with van der Waals surface area (Å²) in [5.74, 6) is 0. The first-order valence-electron chi connectivity index (χ1n) is 23.8. The second-order valence-electron chi connectivity index (χ2n) is 20.6. The Morgan fingerprint density at radius 1 is 0.397 bits per heavy atom. The highest BCUT2D eigenvalue weighted by molar-refractivity contribution is 7.00. The number of nitrogens with zero attached hydrogens (tertiary/aromatic N) is 3. The quantitative estimate of drug-likeness (QED) is 0.161. The van der Waals surface area contributed by atoms with Crippen LogP contribution in [0.5, 0.6) is 0 Å². The molecule has 0 amide bonds. The highest BCUT2D eigenvalue weighted by atomic mass is 16.3. The van der Waals surface area contributed by atoms with Crippen LogP contribution in [-0.4, -0.2) is 6.71 Å². The van der Waals surface area contributed by atoms with Gasteiger partial charge in [-0.3, -0.25) is 0 Å². The van der Waals surface area contributed by atoms with Crippen LogP contribution in [0.1, 0.15) is 52.7 Å². The van der Waals surface area contributed by atoms with E-state index in [0.717, 1.165) is 95.1 Å². The van der Waals surface area contributed by atoms with Gasteiger partial charge in [0.25, 0.3) is 6.71 Å². The molecule has 68 heavy (non-hydrogen) atoms. The molecule has 0 aliphatic carbocycles. The van der Waals surface area contributed by atoms with Gasteiger partial charge in [-0.25, -0.2) is 0 Å². The molecule has 2 aliphatic heterocycles. The van der Waals surface area contributed by atoms with Gasteiger partial charge in [0.15, 0.2) is 5.58 Å². The zero-order valence-corrected chi connectivity index (χ0v) is 39.2. The van der Waals surface area contributed by atoms with Crippen molar-refractivity contribution < 1.29 is 8.83 Å². The number of hydrogen-bond donors (Lipinski definition) is 0. The summed E-state index contributed by atoms with van der Waals surface area (Å²) in [6, 6.07) is 71.0. The molecule has 2 aliphatic rings. The third-order valence-corrected chi connectivity index (χ3v) is 14.4. The molecule has 0 bridgehead atoms. The first-order valence-corrected chi connectivity index (χ1v) is 23.8. The van der Waals surface area contributed by atoms with Gasteiger partial charge in [-0.15, -0.1) is 0 Å². The van der Waals surface area contributed by atoms with Gasteiger partial charge in [0.2, 0.25) is 0 Å². The second kappa shape index (κ2) is 14.8. The van der Waals surface area contributed by atoms with E-state index in [4.69, 9.17) is 8.83 Å². The van der Waals surface area contributed by atoms with Gasteiger partial charge in [0, 0.05) is 67.0 Å². The third-order valence-electron chi connectivity index (χ3n) is 14.4. The first kappa shape index (κ1) is 40.3. The zero-order valence-electron chi connectivity index (χ0n) is 39.2. The summed E-state index contributed by atoms with van der Waals surface area (Å²) in [4.78, 5) is 7.35. The summed E-state index contributed by atoms with van der Waals surface area (Å²) in [5.41, 5.74) is 19.8. The fourth-order valence-corrected chi connectivity index (χ4v) is 11.0. The Kier molecular flexibility index (Phi) is 8.76. The third kappa shape index (κ3) is 6.16. The predicted molar refractivity (Wildman–Crippen MR) is 287 cm³/mol. The summed E-state index contributed by atoms with van der Waals surface area (Å²) >= 11 is 0. The fraction of sp³-hybridized carbons (Fsp3) is 0.129. The fourth-order valence-electron chi connectivity index (χ4n) is 11.0. The number of benzene rings is 9. The largest absolute Gasteiger partial charge is 0.456 e. The number of hydrogen-bond acceptors (Lipinski definition) is 5. The summed E-state index contributed by atoms with van der Waals surface area (Å²) in [5, 5.41) is 4.43. The molecule has 0 unspecified atom stereocenters. The lowest BCUT2D eigenvalue weighted by molar-refractivity contribution is 0.590. The molecule has 5 nitrogen and oxygen atoms in total. The highest BCUT2D eigenvalue weighted by Crippen LogP contribution is 2.49. The molecule has 4 heterocycles. The van der Waals surface area contributed by atoms with E-state index in [1.165, 1.54) is 27.5 Å². The summed E-state index contributed by atoms with van der Waals surface area (Å²) in [6.45, 7) is 13.6. The predicted octanol–water partition coefficient (Wildman–Crippen LogP) is 15.6. The Bertz CT molecular complexity index is 3780. The molecule has 0 N–H and O–H groups in total. The molecule has 0 fully saturated rings. The molecular formula is C62H50BN3O2. The maximum Gasteiger partial charge on any atom is 0.252 e. The molecule has 13 rings (SSSR count). The van der Waals surface area contributed by atoms with Crippen LogP contribution in [0, 0.1) is 0 Å². The first-order chi connectivity index (χ1) is 33.0. The van der Waals surface area contributed by atoms with E-state index in [-0.39, 0.29) is 17.5 Å². The number of para-hydroxylation sites is 3. The minimum absolute atomic E-state index is 0.00878. The summed E-state index contributed by atoms with van der Waals surface area (Å²) < 4.78 is 13.3. The lowest BCUT2D eigenvalue weighted by Crippen LogP contribution is -2.61. The van der Waals surface area contributed by atoms with Crippen LogP contribution in [-0.2, 0) is 10.8 Å². The van der Waals surface area contributed by atoms with Crippen molar-refractivity contribution in [2.75, 3.05) is 14.7 Å². The van der Waals surface area contributed by atoms with Gasteiger partial charge in [-0.1, -0.05) is 145 Å². The molecule has 2 aromatic heterocycles. The van der Waals surface area contributed by atoms with Gasteiger partial charge < -0.3 is 23.5 Å². The Hall–Kier alpha value is -7.96. The van der Waals surface area contributed by atoms with E-state index in [1.807, 2.05) is 12.1 Å². The molecule has 0 spiro atoms. The number of fused-ring (bicyclic) bond motifs is 11. The van der Waals surface area contributed by atoms with Crippen LogP contribution in [0.2, 0.25) is 0 Å². The second-order valence-corrected chi connectivity index (χ2v) is 20.6. The molecule has 0 saturated heterocycles. The smallest absolute Gasteiger partial charge is 0.252 e. The van der Waals surface area contributed by atoms with Crippen LogP contribution < -0.4 is 31.1 Å². The minimum Gasteiger partial charge on any atom is -0.456 e. The van der Waals surface area contributed by atoms with Crippen molar-refractivity contribution in [3.05, 3.63) is 205 Å². The van der Waals surface area contributed by atoms with Crippen molar-refractivity contribution in [3.63, 3.8) is 0 Å². The van der Waals surface area contributed by atoms with Gasteiger partial charge in [0.05, 0.1) is 5.69 Å². The van der Waals surface area contributed by atoms with Gasteiger partial charge >= 0.3 is 0 Å². The van der Waals surface area contributed by atoms with E-state index in [1.54, 1.807) is 0 Å². The van der Waals surface area contributed by atoms with Crippen molar-refractivity contribution in [3.8, 4) is 0 Å². The number of furan rings is 2. The minimum atomic E-state index is -0.0909. The molecule has 0 radical (unpaired) electrons. The van der Waals surface area contributed by atoms with E-state index in [2.05, 4.69) is 238 Å². The van der Waals surface area contributed by atoms with Crippen molar-refractivity contribution in [1.82, 2.24) is 0 Å². The SMILES string of the molecule is CC(C)(C)c1ccc(N2c3cc(N(c4ccccc4)c4ccc5oc6ccccc6c5c4)ccc3B3c4ccc5c(oc6ccccc65)c4N(c4ccc(C(C)(C)C)cc4)c4cccc2c43)cc1.